The normalized spacial score (nSPS) is 13.8. The highest BCUT2D eigenvalue weighted by molar-refractivity contribution is 8.00. The number of unbranched alkanes of at least 4 members (excludes halogenated alkanes) is 2. The van der Waals surface area contributed by atoms with Gasteiger partial charge in [-0.2, -0.15) is 11.8 Å². The predicted octanol–water partition coefficient (Wildman–Crippen LogP) is 3.40. The van der Waals surface area contributed by atoms with Crippen LogP contribution in [0.2, 0.25) is 0 Å². The minimum Gasteiger partial charge on any atom is -0.394 e. The van der Waals surface area contributed by atoms with E-state index in [1.165, 1.54) is 31.4 Å². The zero-order valence-corrected chi connectivity index (χ0v) is 12.8. The van der Waals surface area contributed by atoms with E-state index in [1.54, 1.807) is 0 Å². The molecule has 1 unspecified atom stereocenters. The Labute approximate surface area is 112 Å². The second-order valence-corrected chi connectivity index (χ2v) is 5.90. The lowest BCUT2D eigenvalue weighted by Crippen LogP contribution is -2.24. The summed E-state index contributed by atoms with van der Waals surface area (Å²) in [5.74, 6) is 1.15. The highest BCUT2D eigenvalue weighted by Gasteiger charge is 2.03. The standard InChI is InChI=1S/C14H30N2S/c1-5-7-8-9-16-10-13(3)17-12-14(6-2)11-15-4/h11,13,15-16H,5-10,12H2,1-4H3/b14-11-. The van der Waals surface area contributed by atoms with Crippen LogP contribution < -0.4 is 10.6 Å². The van der Waals surface area contributed by atoms with Gasteiger partial charge in [-0.25, -0.2) is 0 Å². The largest absolute Gasteiger partial charge is 0.394 e. The zero-order chi connectivity index (χ0) is 12.9. The van der Waals surface area contributed by atoms with Gasteiger partial charge in [-0.3, -0.25) is 0 Å². The molecule has 0 aliphatic carbocycles. The van der Waals surface area contributed by atoms with Crippen molar-refractivity contribution in [1.29, 1.82) is 0 Å². The lowest BCUT2D eigenvalue weighted by molar-refractivity contribution is 0.616. The first-order valence-corrected chi connectivity index (χ1v) is 7.96. The van der Waals surface area contributed by atoms with Crippen LogP contribution in [0.25, 0.3) is 0 Å². The van der Waals surface area contributed by atoms with Crippen LogP contribution in [0.1, 0.15) is 46.5 Å². The van der Waals surface area contributed by atoms with Gasteiger partial charge in [0.25, 0.3) is 0 Å². The molecule has 102 valence electrons. The second kappa shape index (κ2) is 12.3. The minimum absolute atomic E-state index is 0.698. The van der Waals surface area contributed by atoms with Gasteiger partial charge >= 0.3 is 0 Å². The summed E-state index contributed by atoms with van der Waals surface area (Å²) in [6, 6.07) is 0. The van der Waals surface area contributed by atoms with Crippen molar-refractivity contribution in [3.63, 3.8) is 0 Å². The van der Waals surface area contributed by atoms with Gasteiger partial charge in [0.05, 0.1) is 0 Å². The summed E-state index contributed by atoms with van der Waals surface area (Å²) in [7, 11) is 1.97. The highest BCUT2D eigenvalue weighted by atomic mass is 32.2. The number of hydrogen-bond acceptors (Lipinski definition) is 3. The maximum Gasteiger partial charge on any atom is 0.0163 e. The molecule has 0 saturated carbocycles. The van der Waals surface area contributed by atoms with Gasteiger partial charge in [0.1, 0.15) is 0 Å². The third kappa shape index (κ3) is 10.7. The SMILES string of the molecule is CCCCCNCC(C)SC/C(=C\NC)CC. The minimum atomic E-state index is 0.698. The van der Waals surface area contributed by atoms with Gasteiger partial charge in [-0.15, -0.1) is 0 Å². The van der Waals surface area contributed by atoms with Crippen molar-refractivity contribution in [2.75, 3.05) is 25.9 Å². The Morgan fingerprint density at radius 1 is 1.29 bits per heavy atom. The summed E-state index contributed by atoms with van der Waals surface area (Å²) < 4.78 is 0. The highest BCUT2D eigenvalue weighted by Crippen LogP contribution is 2.15. The maximum absolute atomic E-state index is 3.54. The van der Waals surface area contributed by atoms with Crippen LogP contribution in [0.4, 0.5) is 0 Å². The Hall–Kier alpha value is -0.150. The fraction of sp³-hybridized carbons (Fsp3) is 0.857. The second-order valence-electron chi connectivity index (χ2n) is 4.48. The average molecular weight is 258 g/mol. The number of rotatable bonds is 11. The molecule has 0 aliphatic heterocycles. The smallest absolute Gasteiger partial charge is 0.0163 e. The quantitative estimate of drug-likeness (QED) is 0.555. The molecule has 0 aliphatic rings. The lowest BCUT2D eigenvalue weighted by atomic mass is 10.2. The third-order valence-electron chi connectivity index (χ3n) is 2.74. The summed E-state index contributed by atoms with van der Waals surface area (Å²) in [5.41, 5.74) is 1.50. The van der Waals surface area contributed by atoms with E-state index in [2.05, 4.69) is 37.6 Å². The van der Waals surface area contributed by atoms with E-state index in [1.807, 2.05) is 18.8 Å². The van der Waals surface area contributed by atoms with Crippen LogP contribution in [-0.4, -0.2) is 31.1 Å². The van der Waals surface area contributed by atoms with E-state index in [0.717, 1.165) is 18.7 Å². The summed E-state index contributed by atoms with van der Waals surface area (Å²) in [4.78, 5) is 0. The Balaban J connectivity index is 3.51. The fourth-order valence-corrected chi connectivity index (χ4v) is 2.59. The predicted molar refractivity (Wildman–Crippen MR) is 81.7 cm³/mol. The van der Waals surface area contributed by atoms with E-state index in [-0.39, 0.29) is 0 Å². The van der Waals surface area contributed by atoms with Crippen molar-refractivity contribution >= 4 is 11.8 Å². The molecule has 0 aromatic rings. The van der Waals surface area contributed by atoms with Gasteiger partial charge in [-0.05, 0) is 31.2 Å². The van der Waals surface area contributed by atoms with Crippen molar-refractivity contribution in [3.8, 4) is 0 Å². The average Bonchev–Trinajstić information content (AvgIpc) is 2.34. The van der Waals surface area contributed by atoms with E-state index < -0.39 is 0 Å². The van der Waals surface area contributed by atoms with Crippen LogP contribution in [0.5, 0.6) is 0 Å². The number of thioether (sulfide) groups is 1. The van der Waals surface area contributed by atoms with Gasteiger partial charge in [0, 0.05) is 24.6 Å². The Kier molecular flexibility index (Phi) is 12.2. The molecule has 0 spiro atoms. The van der Waals surface area contributed by atoms with E-state index >= 15 is 0 Å². The first-order chi connectivity index (χ1) is 8.24. The summed E-state index contributed by atoms with van der Waals surface area (Å²) >= 11 is 2.04. The molecule has 0 amide bonds. The van der Waals surface area contributed by atoms with Crippen molar-refractivity contribution in [1.82, 2.24) is 10.6 Å². The Bertz CT molecular complexity index is 193. The van der Waals surface area contributed by atoms with Gasteiger partial charge < -0.3 is 10.6 Å². The van der Waals surface area contributed by atoms with Crippen LogP contribution in [-0.2, 0) is 0 Å². The lowest BCUT2D eigenvalue weighted by Gasteiger charge is -2.13. The fourth-order valence-electron chi connectivity index (χ4n) is 1.56. The third-order valence-corrected chi connectivity index (χ3v) is 4.02. The molecule has 0 heterocycles. The number of nitrogens with one attached hydrogen (secondary N) is 2. The van der Waals surface area contributed by atoms with Crippen LogP contribution in [0, 0.1) is 0 Å². The van der Waals surface area contributed by atoms with Gasteiger partial charge in [0.15, 0.2) is 0 Å². The molecule has 2 N–H and O–H groups in total. The summed E-state index contributed by atoms with van der Waals surface area (Å²) in [6.07, 6.45) is 7.24. The van der Waals surface area contributed by atoms with Crippen molar-refractivity contribution < 1.29 is 0 Å². The molecule has 0 aromatic carbocycles. The Morgan fingerprint density at radius 2 is 2.06 bits per heavy atom. The molecule has 0 fully saturated rings. The molecule has 0 rings (SSSR count). The molecule has 3 heteroatoms. The molecule has 1 atom stereocenters. The molecule has 0 bridgehead atoms. The van der Waals surface area contributed by atoms with Gasteiger partial charge in [-0.1, -0.05) is 33.6 Å². The van der Waals surface area contributed by atoms with E-state index in [9.17, 15) is 0 Å². The van der Waals surface area contributed by atoms with Crippen molar-refractivity contribution in [2.24, 2.45) is 0 Å². The maximum atomic E-state index is 3.54. The molecule has 0 saturated heterocycles. The van der Waals surface area contributed by atoms with Crippen molar-refractivity contribution in [3.05, 3.63) is 11.8 Å². The van der Waals surface area contributed by atoms with Crippen LogP contribution in [0.15, 0.2) is 11.8 Å². The number of hydrogen-bond donors (Lipinski definition) is 2. The van der Waals surface area contributed by atoms with E-state index in [0.29, 0.717) is 5.25 Å². The monoisotopic (exact) mass is 258 g/mol. The molecule has 0 radical (unpaired) electrons. The Morgan fingerprint density at radius 3 is 2.65 bits per heavy atom. The summed E-state index contributed by atoms with van der Waals surface area (Å²) in [6.45, 7) is 9.08. The molecule has 2 nitrogen and oxygen atoms in total. The molecule has 17 heavy (non-hydrogen) atoms. The first kappa shape index (κ1) is 16.9. The van der Waals surface area contributed by atoms with Crippen LogP contribution >= 0.6 is 11.8 Å². The zero-order valence-electron chi connectivity index (χ0n) is 12.0. The van der Waals surface area contributed by atoms with Crippen molar-refractivity contribution in [2.45, 2.75) is 51.7 Å². The van der Waals surface area contributed by atoms with Gasteiger partial charge in [0.2, 0.25) is 0 Å². The first-order valence-electron chi connectivity index (χ1n) is 6.92. The summed E-state index contributed by atoms with van der Waals surface area (Å²) in [5, 5.41) is 7.35. The molecular formula is C14H30N2S. The topological polar surface area (TPSA) is 24.1 Å². The van der Waals surface area contributed by atoms with Crippen LogP contribution in [0.3, 0.4) is 0 Å². The van der Waals surface area contributed by atoms with E-state index in [4.69, 9.17) is 0 Å². The molecule has 0 aromatic heterocycles. The molecular weight excluding hydrogens is 228 g/mol.